The van der Waals surface area contributed by atoms with Crippen LogP contribution in [0.15, 0.2) is 17.2 Å². The molecule has 30 heavy (non-hydrogen) atoms. The molecule has 1 aromatic heterocycles. The molecule has 2 rings (SSSR count). The molecule has 10 nitrogen and oxygen atoms in total. The average Bonchev–Trinajstić information content (AvgIpc) is 3.40. The Labute approximate surface area is 179 Å². The maximum absolute atomic E-state index is 13.1. The van der Waals surface area contributed by atoms with Gasteiger partial charge in [0.25, 0.3) is 0 Å². The molecule has 0 spiro atoms. The molecule has 2 heterocycles. The van der Waals surface area contributed by atoms with Gasteiger partial charge in [-0.1, -0.05) is 31.3 Å². The minimum atomic E-state index is -0.571. The van der Waals surface area contributed by atoms with E-state index in [1.54, 1.807) is 24.9 Å². The van der Waals surface area contributed by atoms with Gasteiger partial charge in [-0.3, -0.25) is 24.5 Å². The van der Waals surface area contributed by atoms with Gasteiger partial charge in [0.2, 0.25) is 29.3 Å². The first-order valence-corrected chi connectivity index (χ1v) is 10.6. The number of hydrogen-bond donors (Lipinski definition) is 2. The molecule has 1 aromatic rings. The summed E-state index contributed by atoms with van der Waals surface area (Å²) in [6.45, 7) is 5.97. The second-order valence-corrected chi connectivity index (χ2v) is 8.31. The summed E-state index contributed by atoms with van der Waals surface area (Å²) in [6.07, 6.45) is 3.54. The molecule has 0 aromatic carbocycles. The van der Waals surface area contributed by atoms with Crippen molar-refractivity contribution < 1.29 is 19.2 Å². The molecular weight excluding hydrogens is 408 g/mol. The van der Waals surface area contributed by atoms with E-state index in [1.807, 2.05) is 13.8 Å². The summed E-state index contributed by atoms with van der Waals surface area (Å²) in [5.41, 5.74) is 1.99. The molecule has 2 atom stereocenters. The Morgan fingerprint density at radius 2 is 2.13 bits per heavy atom. The van der Waals surface area contributed by atoms with E-state index in [0.717, 1.165) is 6.42 Å². The predicted octanol–water partition coefficient (Wildman–Crippen LogP) is 0.643. The molecule has 0 saturated carbocycles. The van der Waals surface area contributed by atoms with Crippen LogP contribution < -0.4 is 10.6 Å². The van der Waals surface area contributed by atoms with Crippen LogP contribution in [0.2, 0.25) is 0 Å². The molecule has 11 heteroatoms. The van der Waals surface area contributed by atoms with Gasteiger partial charge in [-0.25, -0.2) is 0 Å². The first kappa shape index (κ1) is 23.5. The zero-order valence-corrected chi connectivity index (χ0v) is 18.4. The van der Waals surface area contributed by atoms with Crippen molar-refractivity contribution in [1.82, 2.24) is 25.3 Å². The largest absolute Gasteiger partial charge is 0.350 e. The second-order valence-electron chi connectivity index (χ2n) is 7.48. The van der Waals surface area contributed by atoms with E-state index in [1.165, 1.54) is 21.7 Å². The highest BCUT2D eigenvalue weighted by Crippen LogP contribution is 2.23. The smallest absolute Gasteiger partial charge is 0.249 e. The van der Waals surface area contributed by atoms with Gasteiger partial charge in [-0.15, -0.1) is 10.2 Å². The quantitative estimate of drug-likeness (QED) is 0.432. The highest BCUT2D eigenvalue weighted by atomic mass is 32.1. The van der Waals surface area contributed by atoms with Crippen LogP contribution in [0.3, 0.4) is 0 Å². The fourth-order valence-corrected chi connectivity index (χ4v) is 3.87. The van der Waals surface area contributed by atoms with Crippen LogP contribution in [-0.4, -0.2) is 76.3 Å². The molecule has 2 N–H and O–H groups in total. The Morgan fingerprint density at radius 1 is 1.40 bits per heavy atom. The van der Waals surface area contributed by atoms with Crippen LogP contribution in [0, 0.1) is 5.92 Å². The van der Waals surface area contributed by atoms with Gasteiger partial charge >= 0.3 is 0 Å². The van der Waals surface area contributed by atoms with Crippen molar-refractivity contribution >= 4 is 40.6 Å². The van der Waals surface area contributed by atoms with Crippen LogP contribution in [0.5, 0.6) is 0 Å². The topological polar surface area (TPSA) is 125 Å². The molecule has 0 bridgehead atoms. The lowest BCUT2D eigenvalue weighted by Gasteiger charge is -2.30. The van der Waals surface area contributed by atoms with E-state index in [4.69, 9.17) is 0 Å². The third-order valence-corrected chi connectivity index (χ3v) is 5.63. The summed E-state index contributed by atoms with van der Waals surface area (Å²) >= 11 is 1.22. The normalized spacial score (nSPS) is 17.6. The van der Waals surface area contributed by atoms with Crippen molar-refractivity contribution in [3.8, 4) is 0 Å². The van der Waals surface area contributed by atoms with Crippen LogP contribution >= 0.6 is 11.3 Å². The summed E-state index contributed by atoms with van der Waals surface area (Å²) in [5.74, 6) is -0.721. The average molecular weight is 437 g/mol. The van der Waals surface area contributed by atoms with Crippen molar-refractivity contribution in [2.24, 2.45) is 5.92 Å². The molecule has 1 aliphatic rings. The van der Waals surface area contributed by atoms with Crippen molar-refractivity contribution in [2.45, 2.75) is 45.7 Å². The number of amides is 4. The van der Waals surface area contributed by atoms with Crippen molar-refractivity contribution in [3.05, 3.63) is 17.2 Å². The van der Waals surface area contributed by atoms with Crippen LogP contribution in [0.1, 0.15) is 33.6 Å². The fourth-order valence-electron chi connectivity index (χ4n) is 3.42. The number of likely N-dealkylation sites (tertiary alicyclic amines) is 1. The summed E-state index contributed by atoms with van der Waals surface area (Å²) < 4.78 is 0. The minimum absolute atomic E-state index is 0.0491. The molecule has 4 amide bonds. The minimum Gasteiger partial charge on any atom is -0.350 e. The van der Waals surface area contributed by atoms with Gasteiger partial charge in [0, 0.05) is 19.2 Å². The van der Waals surface area contributed by atoms with E-state index >= 15 is 0 Å². The molecule has 0 radical (unpaired) electrons. The summed E-state index contributed by atoms with van der Waals surface area (Å²) in [5, 5.41) is 13.0. The maximum Gasteiger partial charge on any atom is 0.249 e. The fraction of sp³-hybridized carbons (Fsp3) is 0.579. The Morgan fingerprint density at radius 3 is 2.73 bits per heavy atom. The van der Waals surface area contributed by atoms with Gasteiger partial charge < -0.3 is 15.1 Å². The highest BCUT2D eigenvalue weighted by Gasteiger charge is 2.35. The van der Waals surface area contributed by atoms with Crippen molar-refractivity contribution in [3.63, 3.8) is 0 Å². The van der Waals surface area contributed by atoms with Gasteiger partial charge in [0.1, 0.15) is 11.6 Å². The monoisotopic (exact) mass is 436 g/mol. The lowest BCUT2D eigenvalue weighted by atomic mass is 9.99. The number of nitrogens with zero attached hydrogens (tertiary/aromatic N) is 4. The zero-order valence-electron chi connectivity index (χ0n) is 17.6. The third-order valence-electron chi connectivity index (χ3n) is 5.02. The SMILES string of the molecule is CC(=C[C@H](C(C)C)N(C)C(=O)CNC=O)C(=O)N1CCC[C@H]1C(=O)Nc1nncs1. The van der Waals surface area contributed by atoms with E-state index in [0.29, 0.717) is 30.1 Å². The Hall–Kier alpha value is -2.82. The number of carbonyl (C=O) groups is 4. The molecule has 1 fully saturated rings. The van der Waals surface area contributed by atoms with Gasteiger partial charge in [0.15, 0.2) is 0 Å². The summed E-state index contributed by atoms with van der Waals surface area (Å²) in [7, 11) is 1.64. The number of rotatable bonds is 9. The van der Waals surface area contributed by atoms with E-state index in [-0.39, 0.29) is 36.2 Å². The first-order valence-electron chi connectivity index (χ1n) is 9.75. The van der Waals surface area contributed by atoms with Gasteiger partial charge in [-0.05, 0) is 25.7 Å². The standard InChI is InChI=1S/C19H28N6O4S/c1-12(2)15(24(4)16(27)9-20-10-26)8-13(3)18(29)25-7-5-6-14(25)17(28)22-19-23-21-11-30-19/h8,10-12,14-15H,5-7,9H2,1-4H3,(H,20,26)(H,22,23,28)/t14-,15+/m0/s1. The van der Waals surface area contributed by atoms with Gasteiger partial charge in [0.05, 0.1) is 12.6 Å². The number of hydrogen-bond acceptors (Lipinski definition) is 7. The first-order chi connectivity index (χ1) is 14.3. The molecule has 1 aliphatic heterocycles. The summed E-state index contributed by atoms with van der Waals surface area (Å²) in [6, 6.07) is -0.899. The molecule has 1 saturated heterocycles. The Bertz CT molecular complexity index is 795. The Kier molecular flexibility index (Phi) is 8.46. The number of carbonyl (C=O) groups excluding carboxylic acids is 4. The predicted molar refractivity (Wildman–Crippen MR) is 112 cm³/mol. The van der Waals surface area contributed by atoms with Crippen LogP contribution in [0.4, 0.5) is 5.13 Å². The number of aromatic nitrogens is 2. The van der Waals surface area contributed by atoms with E-state index in [9.17, 15) is 19.2 Å². The van der Waals surface area contributed by atoms with E-state index in [2.05, 4.69) is 20.8 Å². The van der Waals surface area contributed by atoms with E-state index < -0.39 is 6.04 Å². The number of anilines is 1. The lowest BCUT2D eigenvalue weighted by Crippen LogP contribution is -2.45. The molecule has 0 aliphatic carbocycles. The van der Waals surface area contributed by atoms with Crippen molar-refractivity contribution in [2.75, 3.05) is 25.5 Å². The maximum atomic E-state index is 13.1. The molecular formula is C19H28N6O4S. The second kappa shape index (κ2) is 10.8. The third kappa shape index (κ3) is 5.85. The number of nitrogens with one attached hydrogen (secondary N) is 2. The summed E-state index contributed by atoms with van der Waals surface area (Å²) in [4.78, 5) is 51.5. The van der Waals surface area contributed by atoms with Crippen molar-refractivity contribution in [1.29, 1.82) is 0 Å². The zero-order chi connectivity index (χ0) is 22.3. The molecule has 164 valence electrons. The Balaban J connectivity index is 2.11. The van der Waals surface area contributed by atoms with Gasteiger partial charge in [-0.2, -0.15) is 0 Å². The molecule has 0 unspecified atom stereocenters. The van der Waals surface area contributed by atoms with Crippen LogP contribution in [0.25, 0.3) is 0 Å². The lowest BCUT2D eigenvalue weighted by molar-refractivity contribution is -0.133. The van der Waals surface area contributed by atoms with Crippen LogP contribution in [-0.2, 0) is 19.2 Å². The number of likely N-dealkylation sites (N-methyl/N-ethyl adjacent to an activating group) is 1. The highest BCUT2D eigenvalue weighted by molar-refractivity contribution is 7.13.